The SMILES string of the molecule is C#C/C=C\c1ccc2ccccc2c1. The maximum Gasteiger partial charge on any atom is -0.0116 e. The molecule has 0 bridgehead atoms. The summed E-state index contributed by atoms with van der Waals surface area (Å²) in [6.45, 7) is 0. The zero-order chi connectivity index (χ0) is 9.80. The van der Waals surface area contributed by atoms with Gasteiger partial charge < -0.3 is 0 Å². The summed E-state index contributed by atoms with van der Waals surface area (Å²) in [6, 6.07) is 14.6. The van der Waals surface area contributed by atoms with E-state index in [9.17, 15) is 0 Å². The first-order chi connectivity index (χ1) is 6.90. The minimum Gasteiger partial charge on any atom is -0.115 e. The molecule has 0 heteroatoms. The molecule has 0 radical (unpaired) electrons. The van der Waals surface area contributed by atoms with Crippen molar-refractivity contribution < 1.29 is 0 Å². The van der Waals surface area contributed by atoms with Crippen molar-refractivity contribution in [1.29, 1.82) is 0 Å². The first kappa shape index (κ1) is 8.59. The van der Waals surface area contributed by atoms with Crippen molar-refractivity contribution in [3.8, 4) is 12.3 Å². The van der Waals surface area contributed by atoms with Gasteiger partial charge in [0.05, 0.1) is 0 Å². The molecule has 0 aliphatic heterocycles. The number of fused-ring (bicyclic) bond motifs is 1. The van der Waals surface area contributed by atoms with Crippen molar-refractivity contribution in [3.63, 3.8) is 0 Å². The van der Waals surface area contributed by atoms with Crippen LogP contribution in [0, 0.1) is 12.3 Å². The van der Waals surface area contributed by atoms with Gasteiger partial charge in [-0.15, -0.1) is 6.42 Å². The number of rotatable bonds is 1. The van der Waals surface area contributed by atoms with Crippen LogP contribution in [0.4, 0.5) is 0 Å². The predicted octanol–water partition coefficient (Wildman–Crippen LogP) is 3.49. The van der Waals surface area contributed by atoms with Crippen LogP contribution < -0.4 is 0 Å². The van der Waals surface area contributed by atoms with E-state index < -0.39 is 0 Å². The Morgan fingerprint density at radius 1 is 1.00 bits per heavy atom. The average Bonchev–Trinajstić information content (AvgIpc) is 2.26. The fourth-order valence-electron chi connectivity index (χ4n) is 1.46. The molecule has 2 aromatic carbocycles. The standard InChI is InChI=1S/C14H10/c1-2-3-6-12-9-10-13-7-4-5-8-14(13)11-12/h1,3-11H/b6-3-. The summed E-state index contributed by atoms with van der Waals surface area (Å²) in [5.74, 6) is 2.48. The van der Waals surface area contributed by atoms with Crippen molar-refractivity contribution in [3.05, 3.63) is 54.1 Å². The fourth-order valence-corrected chi connectivity index (χ4v) is 1.46. The summed E-state index contributed by atoms with van der Waals surface area (Å²) < 4.78 is 0. The van der Waals surface area contributed by atoms with Crippen LogP contribution in [0.1, 0.15) is 5.56 Å². The van der Waals surface area contributed by atoms with Gasteiger partial charge in [-0.1, -0.05) is 42.3 Å². The van der Waals surface area contributed by atoms with E-state index in [2.05, 4.69) is 36.3 Å². The molecule has 0 aliphatic carbocycles. The molecule has 66 valence electrons. The van der Waals surface area contributed by atoms with Gasteiger partial charge in [-0.05, 0) is 34.6 Å². The lowest BCUT2D eigenvalue weighted by atomic mass is 10.1. The molecule has 0 N–H and O–H groups in total. The van der Waals surface area contributed by atoms with Crippen LogP contribution in [0.25, 0.3) is 16.8 Å². The number of hydrogen-bond donors (Lipinski definition) is 0. The third-order valence-corrected chi connectivity index (χ3v) is 2.15. The van der Waals surface area contributed by atoms with Gasteiger partial charge >= 0.3 is 0 Å². The first-order valence-electron chi connectivity index (χ1n) is 4.51. The third-order valence-electron chi connectivity index (χ3n) is 2.15. The van der Waals surface area contributed by atoms with Crippen molar-refractivity contribution in [2.24, 2.45) is 0 Å². The third kappa shape index (κ3) is 1.67. The smallest absolute Gasteiger partial charge is 0.0116 e. The summed E-state index contributed by atoms with van der Waals surface area (Å²) in [5.41, 5.74) is 1.14. The lowest BCUT2D eigenvalue weighted by Crippen LogP contribution is -1.74. The topological polar surface area (TPSA) is 0 Å². The predicted molar refractivity (Wildman–Crippen MR) is 61.8 cm³/mol. The van der Waals surface area contributed by atoms with E-state index in [4.69, 9.17) is 6.42 Å². The highest BCUT2D eigenvalue weighted by molar-refractivity contribution is 5.84. The highest BCUT2D eigenvalue weighted by Crippen LogP contribution is 2.16. The maximum atomic E-state index is 5.15. The Bertz CT molecular complexity index is 513. The van der Waals surface area contributed by atoms with Crippen molar-refractivity contribution in [2.45, 2.75) is 0 Å². The molecule has 0 amide bonds. The molecule has 0 heterocycles. The van der Waals surface area contributed by atoms with E-state index in [1.54, 1.807) is 6.08 Å². The van der Waals surface area contributed by atoms with Crippen molar-refractivity contribution in [2.75, 3.05) is 0 Å². The quantitative estimate of drug-likeness (QED) is 0.586. The highest BCUT2D eigenvalue weighted by atomic mass is 14.0. The number of terminal acetylenes is 1. The Morgan fingerprint density at radius 3 is 2.57 bits per heavy atom. The highest BCUT2D eigenvalue weighted by Gasteiger charge is 1.91. The average molecular weight is 178 g/mol. The van der Waals surface area contributed by atoms with Gasteiger partial charge in [-0.2, -0.15) is 0 Å². The Morgan fingerprint density at radius 2 is 1.79 bits per heavy atom. The van der Waals surface area contributed by atoms with Crippen LogP contribution in [0.15, 0.2) is 48.5 Å². The summed E-state index contributed by atoms with van der Waals surface area (Å²) in [7, 11) is 0. The van der Waals surface area contributed by atoms with Crippen molar-refractivity contribution >= 4 is 16.8 Å². The molecule has 2 rings (SSSR count). The van der Waals surface area contributed by atoms with Crippen LogP contribution in [0.3, 0.4) is 0 Å². The summed E-state index contributed by atoms with van der Waals surface area (Å²) in [6.07, 6.45) is 8.80. The second kappa shape index (κ2) is 3.81. The molecule has 14 heavy (non-hydrogen) atoms. The molecule has 0 aromatic heterocycles. The molecular formula is C14H10. The van der Waals surface area contributed by atoms with Crippen LogP contribution in [0.5, 0.6) is 0 Å². The van der Waals surface area contributed by atoms with E-state index in [0.29, 0.717) is 0 Å². The second-order valence-electron chi connectivity index (χ2n) is 3.11. The molecule has 0 nitrogen and oxygen atoms in total. The Kier molecular flexibility index (Phi) is 2.34. The molecule has 2 aromatic rings. The first-order valence-corrected chi connectivity index (χ1v) is 4.51. The molecule has 0 unspecified atom stereocenters. The number of benzene rings is 2. The Balaban J connectivity index is 2.52. The van der Waals surface area contributed by atoms with Crippen LogP contribution in [-0.4, -0.2) is 0 Å². The molecule has 0 spiro atoms. The zero-order valence-electron chi connectivity index (χ0n) is 7.77. The van der Waals surface area contributed by atoms with Gasteiger partial charge in [0.1, 0.15) is 0 Å². The van der Waals surface area contributed by atoms with E-state index in [-0.39, 0.29) is 0 Å². The lowest BCUT2D eigenvalue weighted by Gasteiger charge is -1.98. The van der Waals surface area contributed by atoms with E-state index >= 15 is 0 Å². The van der Waals surface area contributed by atoms with Gasteiger partial charge in [0.2, 0.25) is 0 Å². The van der Waals surface area contributed by atoms with Crippen LogP contribution in [-0.2, 0) is 0 Å². The lowest BCUT2D eigenvalue weighted by molar-refractivity contribution is 1.71. The van der Waals surface area contributed by atoms with Gasteiger partial charge in [0.25, 0.3) is 0 Å². The molecule has 0 saturated heterocycles. The Hall–Kier alpha value is -2.00. The van der Waals surface area contributed by atoms with Crippen LogP contribution >= 0.6 is 0 Å². The maximum absolute atomic E-state index is 5.15. The Labute approximate surface area is 83.9 Å². The van der Waals surface area contributed by atoms with Gasteiger partial charge in [0.15, 0.2) is 0 Å². The van der Waals surface area contributed by atoms with Gasteiger partial charge in [0, 0.05) is 0 Å². The molecule has 0 saturated carbocycles. The second-order valence-corrected chi connectivity index (χ2v) is 3.11. The summed E-state index contributed by atoms with van der Waals surface area (Å²) in [5, 5.41) is 2.50. The molecule has 0 fully saturated rings. The van der Waals surface area contributed by atoms with Crippen LogP contribution in [0.2, 0.25) is 0 Å². The van der Waals surface area contributed by atoms with Crippen molar-refractivity contribution in [1.82, 2.24) is 0 Å². The van der Waals surface area contributed by atoms with E-state index in [1.807, 2.05) is 18.2 Å². The van der Waals surface area contributed by atoms with Gasteiger partial charge in [-0.3, -0.25) is 0 Å². The monoisotopic (exact) mass is 178 g/mol. The van der Waals surface area contributed by atoms with Gasteiger partial charge in [-0.25, -0.2) is 0 Å². The van der Waals surface area contributed by atoms with E-state index in [1.165, 1.54) is 10.8 Å². The summed E-state index contributed by atoms with van der Waals surface area (Å²) >= 11 is 0. The number of allylic oxidation sites excluding steroid dienone is 1. The van der Waals surface area contributed by atoms with E-state index in [0.717, 1.165) is 5.56 Å². The fraction of sp³-hybridized carbons (Fsp3) is 0. The minimum absolute atomic E-state index is 1.14. The normalized spacial score (nSPS) is 10.5. The largest absolute Gasteiger partial charge is 0.115 e. The zero-order valence-corrected chi connectivity index (χ0v) is 7.77. The number of hydrogen-bond acceptors (Lipinski definition) is 0. The molecule has 0 aliphatic rings. The molecule has 0 atom stereocenters. The molecular weight excluding hydrogens is 168 g/mol. The minimum atomic E-state index is 1.14. The summed E-state index contributed by atoms with van der Waals surface area (Å²) in [4.78, 5) is 0.